The van der Waals surface area contributed by atoms with Crippen LogP contribution in [0.1, 0.15) is 16.1 Å². The van der Waals surface area contributed by atoms with Crippen molar-refractivity contribution in [3.05, 3.63) is 54.1 Å². The van der Waals surface area contributed by atoms with E-state index in [2.05, 4.69) is 4.98 Å². The van der Waals surface area contributed by atoms with Crippen LogP contribution in [0.25, 0.3) is 0 Å². The molecule has 0 saturated heterocycles. The molecule has 0 atom stereocenters. The summed E-state index contributed by atoms with van der Waals surface area (Å²) in [5, 5.41) is 0. The first-order valence-corrected chi connectivity index (χ1v) is 4.89. The summed E-state index contributed by atoms with van der Waals surface area (Å²) in [7, 11) is 0. The summed E-state index contributed by atoms with van der Waals surface area (Å²) in [4.78, 5) is 14.7. The Bertz CT molecular complexity index is 434. The van der Waals surface area contributed by atoms with Crippen LogP contribution < -0.4 is 0 Å². The number of aldehydes is 1. The Morgan fingerprint density at radius 3 is 2.93 bits per heavy atom. The molecule has 0 amide bonds. The molecule has 0 N–H and O–H groups in total. The van der Waals surface area contributed by atoms with Crippen molar-refractivity contribution < 1.29 is 4.79 Å². The van der Waals surface area contributed by atoms with Gasteiger partial charge >= 0.3 is 0 Å². The molecule has 2 aromatic rings. The van der Waals surface area contributed by atoms with Crippen molar-refractivity contribution >= 4 is 6.29 Å². The van der Waals surface area contributed by atoms with Crippen LogP contribution in [0.15, 0.2) is 42.9 Å². The van der Waals surface area contributed by atoms with Crippen molar-refractivity contribution in [2.24, 2.45) is 0 Å². The highest BCUT2D eigenvalue weighted by atomic mass is 16.1. The topological polar surface area (TPSA) is 34.9 Å². The number of aryl methyl sites for hydroxylation is 2. The Kier molecular flexibility index (Phi) is 2.93. The average Bonchev–Trinajstić information content (AvgIpc) is 2.76. The van der Waals surface area contributed by atoms with Gasteiger partial charge in [0, 0.05) is 42.8 Å². The summed E-state index contributed by atoms with van der Waals surface area (Å²) < 4.78 is 2.00. The third kappa shape index (κ3) is 2.53. The van der Waals surface area contributed by atoms with E-state index in [1.807, 2.05) is 41.2 Å². The maximum Gasteiger partial charge on any atom is 0.151 e. The van der Waals surface area contributed by atoms with Crippen molar-refractivity contribution in [3.8, 4) is 0 Å². The highest BCUT2D eigenvalue weighted by molar-refractivity contribution is 5.74. The molecule has 0 radical (unpaired) electrons. The molecule has 0 aromatic carbocycles. The number of rotatable bonds is 4. The number of carbonyl (C=O) groups excluding carboxylic acids is 1. The predicted molar refractivity (Wildman–Crippen MR) is 57.8 cm³/mol. The highest BCUT2D eigenvalue weighted by Crippen LogP contribution is 2.01. The number of nitrogens with zero attached hydrogens (tertiary/aromatic N) is 2. The fourth-order valence-electron chi connectivity index (χ4n) is 1.46. The predicted octanol–water partition coefficient (Wildman–Crippen LogP) is 1.94. The monoisotopic (exact) mass is 200 g/mol. The van der Waals surface area contributed by atoms with E-state index in [9.17, 15) is 4.79 Å². The van der Waals surface area contributed by atoms with Gasteiger partial charge < -0.3 is 4.57 Å². The van der Waals surface area contributed by atoms with E-state index < -0.39 is 0 Å². The second-order valence-electron chi connectivity index (χ2n) is 3.37. The number of hydrogen-bond acceptors (Lipinski definition) is 2. The van der Waals surface area contributed by atoms with Gasteiger partial charge in [0.1, 0.15) is 0 Å². The summed E-state index contributed by atoms with van der Waals surface area (Å²) in [6.07, 6.45) is 7.29. The van der Waals surface area contributed by atoms with E-state index in [1.165, 1.54) is 0 Å². The molecule has 2 rings (SSSR count). The number of pyridine rings is 1. The van der Waals surface area contributed by atoms with Crippen LogP contribution in [0.2, 0.25) is 0 Å². The molecular weight excluding hydrogens is 188 g/mol. The minimum atomic E-state index is 0.719. The minimum Gasteiger partial charge on any atom is -0.353 e. The summed E-state index contributed by atoms with van der Waals surface area (Å²) in [5.74, 6) is 0. The van der Waals surface area contributed by atoms with Gasteiger partial charge in [-0.15, -0.1) is 0 Å². The molecule has 0 saturated carbocycles. The Hall–Kier alpha value is -1.90. The fraction of sp³-hybridized carbons (Fsp3) is 0.167. The number of hydrogen-bond donors (Lipinski definition) is 0. The van der Waals surface area contributed by atoms with E-state index in [1.54, 1.807) is 6.20 Å². The van der Waals surface area contributed by atoms with Crippen molar-refractivity contribution in [2.75, 3.05) is 0 Å². The first-order chi connectivity index (χ1) is 7.38. The molecule has 0 aliphatic carbocycles. The lowest BCUT2D eigenvalue weighted by molar-refractivity contribution is 0.112. The lowest BCUT2D eigenvalue weighted by Crippen LogP contribution is -1.99. The van der Waals surface area contributed by atoms with E-state index in [-0.39, 0.29) is 0 Å². The Morgan fingerprint density at radius 2 is 2.27 bits per heavy atom. The average molecular weight is 200 g/mol. The quantitative estimate of drug-likeness (QED) is 0.707. The van der Waals surface area contributed by atoms with Crippen LogP contribution in [0.4, 0.5) is 0 Å². The van der Waals surface area contributed by atoms with Gasteiger partial charge in [0.2, 0.25) is 0 Å². The summed E-state index contributed by atoms with van der Waals surface area (Å²) in [5.41, 5.74) is 1.79. The zero-order valence-corrected chi connectivity index (χ0v) is 8.34. The molecule has 0 fully saturated rings. The molecule has 3 nitrogen and oxygen atoms in total. The fourth-order valence-corrected chi connectivity index (χ4v) is 1.46. The van der Waals surface area contributed by atoms with Crippen LogP contribution in [0.5, 0.6) is 0 Å². The molecule has 0 aliphatic heterocycles. The van der Waals surface area contributed by atoms with Gasteiger partial charge in [0.15, 0.2) is 6.29 Å². The van der Waals surface area contributed by atoms with Crippen LogP contribution in [-0.4, -0.2) is 15.8 Å². The van der Waals surface area contributed by atoms with Gasteiger partial charge in [0.25, 0.3) is 0 Å². The standard InChI is InChI=1S/C12H12N2O/c15-10-11-4-7-14(9-11)8-5-12-3-1-2-6-13-12/h1-4,6-7,9-10H,5,8H2. The SMILES string of the molecule is O=Cc1ccn(CCc2ccccn2)c1. The molecule has 2 heterocycles. The lowest BCUT2D eigenvalue weighted by Gasteiger charge is -2.01. The first-order valence-electron chi connectivity index (χ1n) is 4.89. The van der Waals surface area contributed by atoms with Crippen LogP contribution in [-0.2, 0) is 13.0 Å². The Balaban J connectivity index is 1.96. The van der Waals surface area contributed by atoms with Gasteiger partial charge in [-0.2, -0.15) is 0 Å². The summed E-state index contributed by atoms with van der Waals surface area (Å²) in [6, 6.07) is 7.70. The van der Waals surface area contributed by atoms with Crippen molar-refractivity contribution in [3.63, 3.8) is 0 Å². The molecule has 0 aliphatic rings. The molecule has 15 heavy (non-hydrogen) atoms. The van der Waals surface area contributed by atoms with Gasteiger partial charge in [-0.05, 0) is 18.2 Å². The molecule has 0 bridgehead atoms. The number of aromatic nitrogens is 2. The van der Waals surface area contributed by atoms with Gasteiger partial charge in [-0.3, -0.25) is 9.78 Å². The summed E-state index contributed by atoms with van der Waals surface area (Å²) >= 11 is 0. The van der Waals surface area contributed by atoms with Crippen molar-refractivity contribution in [2.45, 2.75) is 13.0 Å². The molecule has 2 aromatic heterocycles. The minimum absolute atomic E-state index is 0.719. The van der Waals surface area contributed by atoms with Crippen LogP contribution in [0.3, 0.4) is 0 Å². The van der Waals surface area contributed by atoms with Gasteiger partial charge in [-0.25, -0.2) is 0 Å². The summed E-state index contributed by atoms with van der Waals surface area (Å²) in [6.45, 7) is 0.852. The van der Waals surface area contributed by atoms with E-state index in [0.29, 0.717) is 0 Å². The van der Waals surface area contributed by atoms with E-state index >= 15 is 0 Å². The normalized spacial score (nSPS) is 10.1. The zero-order valence-electron chi connectivity index (χ0n) is 8.34. The molecule has 3 heteroatoms. The zero-order chi connectivity index (χ0) is 10.5. The smallest absolute Gasteiger partial charge is 0.151 e. The third-order valence-electron chi connectivity index (χ3n) is 2.26. The molecule has 0 unspecified atom stereocenters. The van der Waals surface area contributed by atoms with E-state index in [4.69, 9.17) is 0 Å². The molecule has 76 valence electrons. The van der Waals surface area contributed by atoms with Crippen molar-refractivity contribution in [1.29, 1.82) is 0 Å². The second kappa shape index (κ2) is 4.55. The van der Waals surface area contributed by atoms with Crippen LogP contribution in [0, 0.1) is 0 Å². The molecular formula is C12H12N2O. The number of carbonyl (C=O) groups is 1. The maximum atomic E-state index is 10.5. The van der Waals surface area contributed by atoms with Gasteiger partial charge in [-0.1, -0.05) is 6.07 Å². The van der Waals surface area contributed by atoms with Crippen LogP contribution >= 0.6 is 0 Å². The highest BCUT2D eigenvalue weighted by Gasteiger charge is 1.96. The third-order valence-corrected chi connectivity index (χ3v) is 2.26. The lowest BCUT2D eigenvalue weighted by atomic mass is 10.3. The van der Waals surface area contributed by atoms with E-state index in [0.717, 1.165) is 30.5 Å². The van der Waals surface area contributed by atoms with Crippen molar-refractivity contribution in [1.82, 2.24) is 9.55 Å². The molecule has 0 spiro atoms. The van der Waals surface area contributed by atoms with Gasteiger partial charge in [0.05, 0.1) is 0 Å². The first kappa shape index (κ1) is 9.65. The maximum absolute atomic E-state index is 10.5. The largest absolute Gasteiger partial charge is 0.353 e. The Morgan fingerprint density at radius 1 is 1.33 bits per heavy atom. The Labute approximate surface area is 88.4 Å². The second-order valence-corrected chi connectivity index (χ2v) is 3.37.